The van der Waals surface area contributed by atoms with E-state index in [-0.39, 0.29) is 5.91 Å². The minimum Gasteiger partial charge on any atom is -0.376 e. The third-order valence-electron chi connectivity index (χ3n) is 5.87. The summed E-state index contributed by atoms with van der Waals surface area (Å²) in [5.74, 6) is 0.976. The van der Waals surface area contributed by atoms with Gasteiger partial charge in [-0.25, -0.2) is 0 Å². The maximum absolute atomic E-state index is 12.7. The molecule has 0 saturated carbocycles. The fourth-order valence-corrected chi connectivity index (χ4v) is 4.12. The van der Waals surface area contributed by atoms with E-state index in [4.69, 9.17) is 0 Å². The van der Waals surface area contributed by atoms with Crippen molar-refractivity contribution in [3.05, 3.63) is 54.1 Å². The molecule has 2 aromatic carbocycles. The van der Waals surface area contributed by atoms with Crippen LogP contribution < -0.4 is 15.1 Å². The van der Waals surface area contributed by atoms with E-state index in [0.717, 1.165) is 49.8 Å². The smallest absolute Gasteiger partial charge is 0.246 e. The lowest BCUT2D eigenvalue weighted by Gasteiger charge is -2.32. The summed E-state index contributed by atoms with van der Waals surface area (Å²) in [6.45, 7) is 5.75. The number of para-hydroxylation sites is 1. The predicted octanol–water partition coefficient (Wildman–Crippen LogP) is 4.31. The van der Waals surface area contributed by atoms with Crippen LogP contribution in [0.4, 0.5) is 17.1 Å². The Bertz CT molecular complexity index is 778. The van der Waals surface area contributed by atoms with Crippen molar-refractivity contribution in [2.75, 3.05) is 41.3 Å². The molecule has 2 aliphatic rings. The summed E-state index contributed by atoms with van der Waals surface area (Å²) in [6, 6.07) is 16.8. The van der Waals surface area contributed by atoms with E-state index < -0.39 is 0 Å². The number of carbonyl (C=O) groups excluding carboxylic acids is 1. The number of anilines is 3. The number of aryl methyl sites for hydroxylation is 1. The molecule has 0 spiro atoms. The zero-order chi connectivity index (χ0) is 18.6. The van der Waals surface area contributed by atoms with E-state index in [2.05, 4.69) is 59.6 Å². The van der Waals surface area contributed by atoms with Crippen molar-refractivity contribution in [2.24, 2.45) is 5.92 Å². The molecule has 142 valence electrons. The first-order chi connectivity index (χ1) is 13.2. The summed E-state index contributed by atoms with van der Waals surface area (Å²) < 4.78 is 0. The number of benzene rings is 2. The highest BCUT2D eigenvalue weighted by Gasteiger charge is 2.21. The molecular formula is C23H29N3O. The fraction of sp³-hybridized carbons (Fsp3) is 0.435. The van der Waals surface area contributed by atoms with Gasteiger partial charge in [-0.3, -0.25) is 4.79 Å². The second-order valence-electron chi connectivity index (χ2n) is 7.85. The average molecular weight is 364 g/mol. The van der Waals surface area contributed by atoms with E-state index in [1.165, 1.54) is 24.1 Å². The van der Waals surface area contributed by atoms with Crippen molar-refractivity contribution in [3.63, 3.8) is 0 Å². The monoisotopic (exact) mass is 363 g/mol. The SMILES string of the molecule is CC1CCN(c2ccc(NCC(=O)N3CCCc4ccccc43)cc2)CC1. The normalized spacial score (nSPS) is 17.5. The van der Waals surface area contributed by atoms with Gasteiger partial charge in [0.15, 0.2) is 0 Å². The van der Waals surface area contributed by atoms with Crippen molar-refractivity contribution >= 4 is 23.0 Å². The molecule has 4 rings (SSSR count). The Morgan fingerprint density at radius 3 is 2.56 bits per heavy atom. The van der Waals surface area contributed by atoms with Crippen molar-refractivity contribution in [1.82, 2.24) is 0 Å². The number of nitrogens with one attached hydrogen (secondary N) is 1. The minimum atomic E-state index is 0.135. The van der Waals surface area contributed by atoms with Crippen molar-refractivity contribution in [1.29, 1.82) is 0 Å². The largest absolute Gasteiger partial charge is 0.376 e. The lowest BCUT2D eigenvalue weighted by atomic mass is 9.99. The number of amides is 1. The van der Waals surface area contributed by atoms with Crippen molar-refractivity contribution in [2.45, 2.75) is 32.6 Å². The Balaban J connectivity index is 1.34. The molecule has 2 aromatic rings. The average Bonchev–Trinajstić information content (AvgIpc) is 2.72. The van der Waals surface area contributed by atoms with Crippen LogP contribution in [0.25, 0.3) is 0 Å². The summed E-state index contributed by atoms with van der Waals surface area (Å²) in [7, 11) is 0. The third-order valence-corrected chi connectivity index (χ3v) is 5.87. The number of fused-ring (bicyclic) bond motifs is 1. The fourth-order valence-electron chi connectivity index (χ4n) is 4.12. The Hall–Kier alpha value is -2.49. The van der Waals surface area contributed by atoms with Gasteiger partial charge in [-0.1, -0.05) is 25.1 Å². The van der Waals surface area contributed by atoms with Crippen LogP contribution in [0, 0.1) is 5.92 Å². The van der Waals surface area contributed by atoms with Gasteiger partial charge in [0.2, 0.25) is 5.91 Å². The second kappa shape index (κ2) is 8.03. The van der Waals surface area contributed by atoms with E-state index >= 15 is 0 Å². The van der Waals surface area contributed by atoms with Gasteiger partial charge in [0, 0.05) is 36.7 Å². The molecule has 0 radical (unpaired) electrons. The molecule has 2 heterocycles. The topological polar surface area (TPSA) is 35.6 Å². The number of carbonyl (C=O) groups is 1. The van der Waals surface area contributed by atoms with Crippen LogP contribution in [0.3, 0.4) is 0 Å². The number of hydrogen-bond acceptors (Lipinski definition) is 3. The summed E-state index contributed by atoms with van der Waals surface area (Å²) in [5.41, 5.74) is 4.63. The van der Waals surface area contributed by atoms with E-state index in [1.807, 2.05) is 11.0 Å². The van der Waals surface area contributed by atoms with Gasteiger partial charge in [0.1, 0.15) is 0 Å². The van der Waals surface area contributed by atoms with Gasteiger partial charge in [0.05, 0.1) is 6.54 Å². The van der Waals surface area contributed by atoms with Gasteiger partial charge in [0.25, 0.3) is 0 Å². The highest BCUT2D eigenvalue weighted by molar-refractivity contribution is 5.97. The van der Waals surface area contributed by atoms with Crippen molar-refractivity contribution < 1.29 is 4.79 Å². The van der Waals surface area contributed by atoms with Crippen LogP contribution in [0.5, 0.6) is 0 Å². The molecule has 0 unspecified atom stereocenters. The maximum Gasteiger partial charge on any atom is 0.246 e. The molecule has 1 amide bonds. The predicted molar refractivity (Wildman–Crippen MR) is 113 cm³/mol. The Labute approximate surface area is 162 Å². The van der Waals surface area contributed by atoms with Gasteiger partial charge in [-0.05, 0) is 67.5 Å². The third kappa shape index (κ3) is 4.10. The van der Waals surface area contributed by atoms with Crippen LogP contribution in [0.2, 0.25) is 0 Å². The quantitative estimate of drug-likeness (QED) is 0.879. The molecule has 27 heavy (non-hydrogen) atoms. The molecule has 1 N–H and O–H groups in total. The summed E-state index contributed by atoms with van der Waals surface area (Å²) in [5, 5.41) is 3.30. The van der Waals surface area contributed by atoms with Crippen LogP contribution in [0.1, 0.15) is 31.7 Å². The molecule has 0 aromatic heterocycles. The number of piperidine rings is 1. The molecule has 4 nitrogen and oxygen atoms in total. The zero-order valence-electron chi connectivity index (χ0n) is 16.2. The second-order valence-corrected chi connectivity index (χ2v) is 7.85. The molecule has 0 bridgehead atoms. The number of rotatable bonds is 4. The molecule has 0 aliphatic carbocycles. The molecule has 1 fully saturated rings. The van der Waals surface area contributed by atoms with Crippen LogP contribution in [-0.2, 0) is 11.2 Å². The van der Waals surface area contributed by atoms with Crippen LogP contribution >= 0.6 is 0 Å². The maximum atomic E-state index is 12.7. The molecule has 2 aliphatic heterocycles. The van der Waals surface area contributed by atoms with E-state index in [1.54, 1.807) is 0 Å². The Morgan fingerprint density at radius 1 is 1.04 bits per heavy atom. The Morgan fingerprint density at radius 2 is 1.78 bits per heavy atom. The van der Waals surface area contributed by atoms with E-state index in [9.17, 15) is 4.79 Å². The minimum absolute atomic E-state index is 0.135. The summed E-state index contributed by atoms with van der Waals surface area (Å²) in [4.78, 5) is 17.1. The zero-order valence-corrected chi connectivity index (χ0v) is 16.2. The van der Waals surface area contributed by atoms with Crippen LogP contribution in [-0.4, -0.2) is 32.1 Å². The van der Waals surface area contributed by atoms with Gasteiger partial charge >= 0.3 is 0 Å². The molecule has 1 saturated heterocycles. The first-order valence-corrected chi connectivity index (χ1v) is 10.2. The molecule has 4 heteroatoms. The van der Waals surface area contributed by atoms with Gasteiger partial charge < -0.3 is 15.1 Å². The number of nitrogens with zero attached hydrogens (tertiary/aromatic N) is 2. The number of hydrogen-bond donors (Lipinski definition) is 1. The molecule has 0 atom stereocenters. The lowest BCUT2D eigenvalue weighted by molar-refractivity contribution is -0.117. The molecular weight excluding hydrogens is 334 g/mol. The Kier molecular flexibility index (Phi) is 5.33. The van der Waals surface area contributed by atoms with Gasteiger partial charge in [-0.2, -0.15) is 0 Å². The standard InChI is InChI=1S/C23H29N3O/c1-18-12-15-25(16-13-18)21-10-8-20(9-11-21)24-17-23(27)26-14-4-6-19-5-2-3-7-22(19)26/h2-3,5,7-11,18,24H,4,6,12-17H2,1H3. The first-order valence-electron chi connectivity index (χ1n) is 10.2. The summed E-state index contributed by atoms with van der Waals surface area (Å²) >= 11 is 0. The highest BCUT2D eigenvalue weighted by atomic mass is 16.2. The summed E-state index contributed by atoms with van der Waals surface area (Å²) in [6.07, 6.45) is 4.63. The first kappa shape index (κ1) is 17.9. The lowest BCUT2D eigenvalue weighted by Crippen LogP contribution is -2.39. The van der Waals surface area contributed by atoms with Gasteiger partial charge in [-0.15, -0.1) is 0 Å². The highest BCUT2D eigenvalue weighted by Crippen LogP contribution is 2.27. The van der Waals surface area contributed by atoms with E-state index in [0.29, 0.717) is 6.54 Å². The van der Waals surface area contributed by atoms with Crippen LogP contribution in [0.15, 0.2) is 48.5 Å². The van der Waals surface area contributed by atoms with Crippen molar-refractivity contribution in [3.8, 4) is 0 Å².